The van der Waals surface area contributed by atoms with Gasteiger partial charge in [-0.3, -0.25) is 0 Å². The van der Waals surface area contributed by atoms with Gasteiger partial charge in [0.15, 0.2) is 0 Å². The Labute approximate surface area is 173 Å². The zero-order valence-electron chi connectivity index (χ0n) is 17.1. The fourth-order valence-corrected chi connectivity index (χ4v) is 6.02. The first-order valence-electron chi connectivity index (χ1n) is 11.0. The molecule has 0 radical (unpaired) electrons. The molecule has 154 valence electrons. The summed E-state index contributed by atoms with van der Waals surface area (Å²) in [4.78, 5) is 0. The SMILES string of the molecule is CCCCCCC1CCC(C2(SC(F)F)C=CC(c3ccccc3)=CC2)CC1. The second kappa shape index (κ2) is 10.6. The second-order valence-electron chi connectivity index (χ2n) is 8.46. The molecule has 3 rings (SSSR count). The quantitative estimate of drug-likeness (QED) is 0.372. The average molecular weight is 405 g/mol. The van der Waals surface area contributed by atoms with E-state index < -0.39 is 10.5 Å². The monoisotopic (exact) mass is 404 g/mol. The lowest BCUT2D eigenvalue weighted by Crippen LogP contribution is -2.37. The summed E-state index contributed by atoms with van der Waals surface area (Å²) in [6, 6.07) is 10.2. The molecule has 1 aromatic carbocycles. The molecule has 3 heteroatoms. The van der Waals surface area contributed by atoms with Crippen molar-refractivity contribution in [3.05, 3.63) is 54.1 Å². The Kier molecular flexibility index (Phi) is 8.20. The van der Waals surface area contributed by atoms with Gasteiger partial charge < -0.3 is 0 Å². The number of hydrogen-bond donors (Lipinski definition) is 0. The Hall–Kier alpha value is -1.09. The Balaban J connectivity index is 1.61. The minimum Gasteiger partial charge on any atom is -0.198 e. The zero-order valence-corrected chi connectivity index (χ0v) is 17.9. The number of rotatable bonds is 9. The van der Waals surface area contributed by atoms with E-state index in [2.05, 4.69) is 37.3 Å². The topological polar surface area (TPSA) is 0 Å². The van der Waals surface area contributed by atoms with Crippen LogP contribution in [-0.4, -0.2) is 10.5 Å². The molecule has 0 spiro atoms. The molecule has 0 aliphatic heterocycles. The maximum absolute atomic E-state index is 13.5. The fraction of sp³-hybridized carbons (Fsp3) is 0.600. The molecule has 0 nitrogen and oxygen atoms in total. The van der Waals surface area contributed by atoms with Crippen LogP contribution in [0.15, 0.2) is 48.6 Å². The average Bonchev–Trinajstić information content (AvgIpc) is 2.72. The van der Waals surface area contributed by atoms with E-state index in [0.717, 1.165) is 36.1 Å². The third-order valence-electron chi connectivity index (χ3n) is 6.61. The van der Waals surface area contributed by atoms with E-state index in [-0.39, 0.29) is 0 Å². The van der Waals surface area contributed by atoms with Gasteiger partial charge in [0.25, 0.3) is 5.76 Å². The molecule has 0 heterocycles. The van der Waals surface area contributed by atoms with Crippen LogP contribution in [0.3, 0.4) is 0 Å². The van der Waals surface area contributed by atoms with Crippen LogP contribution in [0, 0.1) is 11.8 Å². The highest BCUT2D eigenvalue weighted by molar-refractivity contribution is 8.01. The highest BCUT2D eigenvalue weighted by Gasteiger charge is 2.41. The number of alkyl halides is 2. The molecule has 0 amide bonds. The largest absolute Gasteiger partial charge is 0.285 e. The molecular formula is C25H34F2S. The molecular weight excluding hydrogens is 370 g/mol. The van der Waals surface area contributed by atoms with Gasteiger partial charge >= 0.3 is 0 Å². The van der Waals surface area contributed by atoms with E-state index in [1.807, 2.05) is 18.2 Å². The molecule has 1 unspecified atom stereocenters. The van der Waals surface area contributed by atoms with Crippen LogP contribution < -0.4 is 0 Å². The van der Waals surface area contributed by atoms with Crippen molar-refractivity contribution in [2.24, 2.45) is 11.8 Å². The maximum Gasteiger partial charge on any atom is 0.285 e. The second-order valence-corrected chi connectivity index (χ2v) is 9.82. The van der Waals surface area contributed by atoms with Crippen molar-refractivity contribution in [2.75, 3.05) is 0 Å². The summed E-state index contributed by atoms with van der Waals surface area (Å²) in [5.74, 6) is -1.14. The lowest BCUT2D eigenvalue weighted by atomic mass is 9.71. The Morgan fingerprint density at radius 3 is 2.39 bits per heavy atom. The van der Waals surface area contributed by atoms with Crippen molar-refractivity contribution in [3.63, 3.8) is 0 Å². The number of halogens is 2. The highest BCUT2D eigenvalue weighted by Crippen LogP contribution is 2.50. The number of benzene rings is 1. The first-order valence-corrected chi connectivity index (χ1v) is 11.9. The van der Waals surface area contributed by atoms with Gasteiger partial charge in [-0.2, -0.15) is 8.78 Å². The smallest absolute Gasteiger partial charge is 0.198 e. The molecule has 2 aliphatic rings. The summed E-state index contributed by atoms with van der Waals surface area (Å²) < 4.78 is 26.5. The molecule has 0 aromatic heterocycles. The minimum atomic E-state index is -2.32. The molecule has 2 aliphatic carbocycles. The Bertz CT molecular complexity index is 644. The van der Waals surface area contributed by atoms with Crippen molar-refractivity contribution in [1.29, 1.82) is 0 Å². The first-order chi connectivity index (χ1) is 13.6. The van der Waals surface area contributed by atoms with Crippen LogP contribution in [0.5, 0.6) is 0 Å². The Morgan fingerprint density at radius 1 is 1.04 bits per heavy atom. The van der Waals surface area contributed by atoms with Crippen LogP contribution in [-0.2, 0) is 0 Å². The predicted octanol–water partition coefficient (Wildman–Crippen LogP) is 8.50. The van der Waals surface area contributed by atoms with Crippen LogP contribution in [0.25, 0.3) is 5.57 Å². The number of thioether (sulfide) groups is 1. The third-order valence-corrected chi connectivity index (χ3v) is 7.86. The van der Waals surface area contributed by atoms with Gasteiger partial charge in [0.05, 0.1) is 0 Å². The first kappa shape index (κ1) is 21.6. The number of allylic oxidation sites excluding steroid dienone is 3. The molecule has 0 N–H and O–H groups in total. The fourth-order valence-electron chi connectivity index (χ4n) is 4.93. The van der Waals surface area contributed by atoms with Gasteiger partial charge in [-0.25, -0.2) is 0 Å². The molecule has 28 heavy (non-hydrogen) atoms. The molecule has 1 saturated carbocycles. The summed E-state index contributed by atoms with van der Waals surface area (Å²) in [6.07, 6.45) is 18.3. The molecule has 0 bridgehead atoms. The zero-order chi connectivity index (χ0) is 19.8. The van der Waals surface area contributed by atoms with E-state index in [9.17, 15) is 8.78 Å². The Morgan fingerprint density at radius 2 is 1.79 bits per heavy atom. The van der Waals surface area contributed by atoms with E-state index in [0.29, 0.717) is 12.3 Å². The van der Waals surface area contributed by atoms with Crippen molar-refractivity contribution in [3.8, 4) is 0 Å². The van der Waals surface area contributed by atoms with E-state index >= 15 is 0 Å². The van der Waals surface area contributed by atoms with Crippen molar-refractivity contribution >= 4 is 17.3 Å². The number of unbranched alkanes of at least 4 members (excludes halogenated alkanes) is 3. The molecule has 1 atom stereocenters. The minimum absolute atomic E-state index is 0.364. The lowest BCUT2D eigenvalue weighted by molar-refractivity contribution is 0.220. The maximum atomic E-state index is 13.5. The van der Waals surface area contributed by atoms with Gasteiger partial charge in [-0.15, -0.1) is 0 Å². The van der Waals surface area contributed by atoms with Crippen LogP contribution in [0.4, 0.5) is 8.78 Å². The molecule has 1 fully saturated rings. The molecule has 0 saturated heterocycles. The summed E-state index contributed by atoms with van der Waals surface area (Å²) in [5.41, 5.74) is 2.33. The van der Waals surface area contributed by atoms with E-state index in [4.69, 9.17) is 0 Å². The van der Waals surface area contributed by atoms with Crippen molar-refractivity contribution < 1.29 is 8.78 Å². The summed E-state index contributed by atoms with van der Waals surface area (Å²) in [7, 11) is 0. The highest BCUT2D eigenvalue weighted by atomic mass is 32.2. The van der Waals surface area contributed by atoms with Gasteiger partial charge in [-0.1, -0.05) is 112 Å². The van der Waals surface area contributed by atoms with Gasteiger partial charge in [0.2, 0.25) is 0 Å². The summed E-state index contributed by atoms with van der Waals surface area (Å²) >= 11 is 0.888. The third kappa shape index (κ3) is 5.72. The normalized spacial score (nSPS) is 27.8. The van der Waals surface area contributed by atoms with Crippen LogP contribution in [0.2, 0.25) is 0 Å². The van der Waals surface area contributed by atoms with Gasteiger partial charge in [0, 0.05) is 4.75 Å². The predicted molar refractivity (Wildman–Crippen MR) is 119 cm³/mol. The number of hydrogen-bond acceptors (Lipinski definition) is 1. The van der Waals surface area contributed by atoms with Crippen LogP contribution >= 0.6 is 11.8 Å². The summed E-state index contributed by atoms with van der Waals surface area (Å²) in [5, 5.41) is 0. The van der Waals surface area contributed by atoms with Gasteiger partial charge in [0.1, 0.15) is 0 Å². The van der Waals surface area contributed by atoms with Crippen LogP contribution in [0.1, 0.15) is 76.7 Å². The van der Waals surface area contributed by atoms with E-state index in [1.54, 1.807) is 0 Å². The van der Waals surface area contributed by atoms with Crippen molar-refractivity contribution in [1.82, 2.24) is 0 Å². The molecule has 1 aromatic rings. The lowest BCUT2D eigenvalue weighted by Gasteiger charge is -2.42. The standard InChI is InChI=1S/C25H34F2S/c1-2-3-4-6-9-20-12-14-23(15-13-20)25(28-24(26)27)18-16-22(17-19-25)21-10-7-5-8-11-21/h5,7-8,10-11,16-18,20,23-24H,2-4,6,9,12-15,19H2,1H3. The van der Waals surface area contributed by atoms with Gasteiger partial charge in [-0.05, 0) is 42.2 Å². The summed E-state index contributed by atoms with van der Waals surface area (Å²) in [6.45, 7) is 2.25. The van der Waals surface area contributed by atoms with Crippen molar-refractivity contribution in [2.45, 2.75) is 81.6 Å². The van der Waals surface area contributed by atoms with E-state index in [1.165, 1.54) is 50.5 Å².